The van der Waals surface area contributed by atoms with E-state index in [1.807, 2.05) is 0 Å². The third-order valence-electron chi connectivity index (χ3n) is 5.07. The Bertz CT molecular complexity index is 537. The summed E-state index contributed by atoms with van der Waals surface area (Å²) in [5.74, 6) is -0.538. The van der Waals surface area contributed by atoms with Crippen molar-refractivity contribution in [3.63, 3.8) is 0 Å². The summed E-state index contributed by atoms with van der Waals surface area (Å²) in [4.78, 5) is 27.6. The molecule has 5 atom stereocenters. The van der Waals surface area contributed by atoms with Crippen molar-refractivity contribution in [2.75, 3.05) is 6.54 Å². The zero-order valence-electron chi connectivity index (χ0n) is 14.1. The second kappa shape index (κ2) is 5.82. The van der Waals surface area contributed by atoms with Crippen LogP contribution in [0.25, 0.3) is 0 Å². The lowest BCUT2D eigenvalue weighted by Crippen LogP contribution is -2.59. The normalized spacial score (nSPS) is 34.9. The van der Waals surface area contributed by atoms with Crippen molar-refractivity contribution in [1.29, 1.82) is 0 Å². The highest BCUT2D eigenvalue weighted by Crippen LogP contribution is 2.46. The molecule has 0 aromatic rings. The Hall–Kier alpha value is -1.44. The van der Waals surface area contributed by atoms with Gasteiger partial charge in [-0.05, 0) is 39.5 Å². The first-order chi connectivity index (χ1) is 11.1. The number of alkyl halides is 2. The zero-order chi connectivity index (χ0) is 17.8. The second-order valence-electron chi connectivity index (χ2n) is 7.98. The number of fused-ring (bicyclic) bond motifs is 2. The number of nitrogens with zero attached hydrogens (tertiary/aromatic N) is 2. The Kier molecular flexibility index (Phi) is 4.22. The minimum absolute atomic E-state index is 0.119. The highest BCUT2D eigenvalue weighted by Gasteiger charge is 2.61. The molecule has 1 N–H and O–H groups in total. The molecule has 0 saturated carbocycles. The van der Waals surface area contributed by atoms with Gasteiger partial charge in [-0.15, -0.1) is 0 Å². The van der Waals surface area contributed by atoms with Crippen molar-refractivity contribution >= 4 is 12.0 Å². The number of likely N-dealkylation sites (tertiary alicyclic amines) is 1. The first-order valence-electron chi connectivity index (χ1n) is 8.35. The lowest BCUT2D eigenvalue weighted by atomic mass is 9.86. The highest BCUT2D eigenvalue weighted by molar-refractivity contribution is 5.78. The number of piperidine rings is 2. The molecule has 3 saturated heterocycles. The van der Waals surface area contributed by atoms with Crippen molar-refractivity contribution < 1.29 is 28.2 Å². The number of hydrogen-bond donors (Lipinski definition) is 1. The summed E-state index contributed by atoms with van der Waals surface area (Å²) in [5.41, 5.74) is -0.664. The van der Waals surface area contributed by atoms with E-state index in [4.69, 9.17) is 4.74 Å². The van der Waals surface area contributed by atoms with Gasteiger partial charge in [0.2, 0.25) is 12.3 Å². The molecule has 0 radical (unpaired) electrons. The smallest absolute Gasteiger partial charge is 0.410 e. The van der Waals surface area contributed by atoms with Gasteiger partial charge in [0, 0.05) is 6.54 Å². The van der Waals surface area contributed by atoms with E-state index in [0.29, 0.717) is 19.4 Å². The summed E-state index contributed by atoms with van der Waals surface area (Å²) in [7, 11) is 0. The first-order valence-corrected chi connectivity index (χ1v) is 8.35. The average Bonchev–Trinajstić information content (AvgIpc) is 2.52. The third kappa shape index (κ3) is 2.96. The third-order valence-corrected chi connectivity index (χ3v) is 5.07. The Morgan fingerprint density at radius 3 is 2.46 bits per heavy atom. The van der Waals surface area contributed by atoms with E-state index in [0.717, 1.165) is 0 Å². The standard InChI is InChI=1S/C16H24F2N2O4/c1-16(2,3)24-15(23)20-9-4-8-5-10(20)14(22)13(9)19(7-8)12(21)6-11(17)18/h8-11,13-14,22H,4-7H2,1-3H3. The molecule has 2 amide bonds. The molecule has 6 nitrogen and oxygen atoms in total. The monoisotopic (exact) mass is 346 g/mol. The Balaban J connectivity index is 1.82. The van der Waals surface area contributed by atoms with E-state index in [1.54, 1.807) is 20.8 Å². The molecule has 0 aliphatic carbocycles. The number of hydrogen-bond acceptors (Lipinski definition) is 4. The van der Waals surface area contributed by atoms with Crippen LogP contribution in [0.3, 0.4) is 0 Å². The van der Waals surface area contributed by atoms with Gasteiger partial charge < -0.3 is 14.7 Å². The number of halogens is 2. The van der Waals surface area contributed by atoms with Gasteiger partial charge in [-0.3, -0.25) is 9.69 Å². The molecule has 0 aromatic heterocycles. The van der Waals surface area contributed by atoms with Gasteiger partial charge in [0.25, 0.3) is 0 Å². The minimum Gasteiger partial charge on any atom is -0.444 e. The van der Waals surface area contributed by atoms with Crippen LogP contribution in [0.5, 0.6) is 0 Å². The van der Waals surface area contributed by atoms with E-state index in [-0.39, 0.29) is 12.0 Å². The van der Waals surface area contributed by atoms with Crippen LogP contribution < -0.4 is 0 Å². The molecule has 24 heavy (non-hydrogen) atoms. The second-order valence-corrected chi connectivity index (χ2v) is 7.98. The molecule has 136 valence electrons. The molecule has 3 fully saturated rings. The number of carbonyl (C=O) groups excluding carboxylic acids is 2. The molecule has 3 heterocycles. The van der Waals surface area contributed by atoms with E-state index in [2.05, 4.69) is 0 Å². The van der Waals surface area contributed by atoms with Crippen LogP contribution in [-0.2, 0) is 9.53 Å². The van der Waals surface area contributed by atoms with Crippen LogP contribution in [0.1, 0.15) is 40.0 Å². The fraction of sp³-hybridized carbons (Fsp3) is 0.875. The number of carbonyl (C=O) groups is 2. The maximum absolute atomic E-state index is 12.6. The number of amides is 2. The van der Waals surface area contributed by atoms with Crippen LogP contribution in [0.15, 0.2) is 0 Å². The summed E-state index contributed by atoms with van der Waals surface area (Å²) >= 11 is 0. The fourth-order valence-electron chi connectivity index (χ4n) is 4.36. The van der Waals surface area contributed by atoms with Gasteiger partial charge in [-0.2, -0.15) is 0 Å². The van der Waals surface area contributed by atoms with E-state index in [1.165, 1.54) is 9.80 Å². The molecular weight excluding hydrogens is 322 g/mol. The van der Waals surface area contributed by atoms with Crippen LogP contribution in [0, 0.1) is 5.92 Å². The van der Waals surface area contributed by atoms with Crippen LogP contribution in [0.4, 0.5) is 13.6 Å². The molecule has 5 unspecified atom stereocenters. The van der Waals surface area contributed by atoms with Crippen LogP contribution >= 0.6 is 0 Å². The molecule has 3 aliphatic heterocycles. The maximum Gasteiger partial charge on any atom is 0.410 e. The quantitative estimate of drug-likeness (QED) is 0.825. The van der Waals surface area contributed by atoms with E-state index >= 15 is 0 Å². The number of aliphatic hydroxyl groups excluding tert-OH is 1. The highest BCUT2D eigenvalue weighted by atomic mass is 19.3. The largest absolute Gasteiger partial charge is 0.444 e. The molecule has 3 bridgehead atoms. The van der Waals surface area contributed by atoms with Gasteiger partial charge in [0.15, 0.2) is 0 Å². The molecule has 3 aliphatic rings. The fourth-order valence-corrected chi connectivity index (χ4v) is 4.36. The van der Waals surface area contributed by atoms with Gasteiger partial charge >= 0.3 is 6.09 Å². The first kappa shape index (κ1) is 17.4. The summed E-state index contributed by atoms with van der Waals surface area (Å²) < 4.78 is 30.6. The topological polar surface area (TPSA) is 70.1 Å². The Labute approximate surface area is 139 Å². The molecule has 0 aromatic carbocycles. The molecular formula is C16H24F2N2O4. The van der Waals surface area contributed by atoms with Crippen molar-refractivity contribution in [1.82, 2.24) is 9.80 Å². The lowest BCUT2D eigenvalue weighted by molar-refractivity contribution is -0.141. The van der Waals surface area contributed by atoms with Gasteiger partial charge in [-0.1, -0.05) is 0 Å². The van der Waals surface area contributed by atoms with Crippen LogP contribution in [-0.4, -0.2) is 69.7 Å². The van der Waals surface area contributed by atoms with Crippen molar-refractivity contribution in [2.45, 2.75) is 76.3 Å². The minimum atomic E-state index is -2.71. The van der Waals surface area contributed by atoms with Crippen LogP contribution in [0.2, 0.25) is 0 Å². The summed E-state index contributed by atoms with van der Waals surface area (Å²) in [5, 5.41) is 10.6. The Morgan fingerprint density at radius 1 is 1.25 bits per heavy atom. The maximum atomic E-state index is 12.6. The van der Waals surface area contributed by atoms with E-state index < -0.39 is 48.6 Å². The van der Waals surface area contributed by atoms with E-state index in [9.17, 15) is 23.5 Å². The van der Waals surface area contributed by atoms with Gasteiger partial charge in [0.05, 0.1) is 30.7 Å². The predicted octanol–water partition coefficient (Wildman–Crippen LogP) is 1.61. The number of ether oxygens (including phenoxy) is 1. The Morgan fingerprint density at radius 2 is 1.88 bits per heavy atom. The molecule has 8 heteroatoms. The van der Waals surface area contributed by atoms with Gasteiger partial charge in [-0.25, -0.2) is 13.6 Å². The zero-order valence-corrected chi connectivity index (χ0v) is 14.1. The van der Waals surface area contributed by atoms with Gasteiger partial charge in [0.1, 0.15) is 5.60 Å². The number of aliphatic hydroxyl groups is 1. The SMILES string of the molecule is CC(C)(C)OC(=O)N1C2CC3CC1C(C2O)N(C(=O)CC(F)F)C3. The average molecular weight is 346 g/mol. The molecule has 0 spiro atoms. The van der Waals surface area contributed by atoms with Crippen molar-refractivity contribution in [2.24, 2.45) is 5.92 Å². The lowest BCUT2D eigenvalue weighted by Gasteiger charge is -2.46. The number of rotatable bonds is 2. The summed E-state index contributed by atoms with van der Waals surface area (Å²) in [6.07, 6.45) is -3.77. The van der Waals surface area contributed by atoms with Crippen molar-refractivity contribution in [3.05, 3.63) is 0 Å². The van der Waals surface area contributed by atoms with Crippen molar-refractivity contribution in [3.8, 4) is 0 Å². The molecule has 3 rings (SSSR count). The summed E-state index contributed by atoms with van der Waals surface area (Å²) in [6, 6.07) is -1.40. The predicted molar refractivity (Wildman–Crippen MR) is 80.5 cm³/mol. The summed E-state index contributed by atoms with van der Waals surface area (Å²) in [6.45, 7) is 5.66.